The second-order valence-corrected chi connectivity index (χ2v) is 8.65. The molecule has 28 heavy (non-hydrogen) atoms. The van der Waals surface area contributed by atoms with Crippen molar-refractivity contribution in [2.75, 3.05) is 0 Å². The molecule has 2 heterocycles. The highest BCUT2D eigenvalue weighted by Gasteiger charge is 2.50. The highest BCUT2D eigenvalue weighted by atomic mass is 16.6. The van der Waals surface area contributed by atoms with Crippen molar-refractivity contribution >= 4 is 11.9 Å². The van der Waals surface area contributed by atoms with Gasteiger partial charge in [-0.05, 0) is 58.3 Å². The number of carboxylic acid groups (broad SMARTS) is 1. The number of rotatable bonds is 3. The fraction of sp³-hybridized carbons (Fsp3) is 0.727. The average molecular weight is 395 g/mol. The molecule has 2 bridgehead atoms. The van der Waals surface area contributed by atoms with Gasteiger partial charge in [0.05, 0.1) is 11.7 Å². The molecule has 2 rings (SSSR count). The third kappa shape index (κ3) is 5.45. The third-order valence-electron chi connectivity index (χ3n) is 6.16. The largest absolute Gasteiger partial charge is 0.478 e. The Labute approximate surface area is 167 Å². The number of fused-ring (bicyclic) bond motifs is 2. The number of esters is 1. The molecule has 2 N–H and O–H groups in total. The van der Waals surface area contributed by atoms with Crippen LogP contribution in [0.25, 0.3) is 0 Å². The van der Waals surface area contributed by atoms with Crippen molar-refractivity contribution in [1.82, 2.24) is 0 Å². The van der Waals surface area contributed by atoms with Crippen LogP contribution in [0, 0.1) is 11.8 Å². The molecule has 2 aliphatic rings. The summed E-state index contributed by atoms with van der Waals surface area (Å²) in [5.74, 6) is -2.03. The molecular formula is C22H34O6. The van der Waals surface area contributed by atoms with E-state index in [1.807, 2.05) is 6.92 Å². The van der Waals surface area contributed by atoms with Gasteiger partial charge in [0.1, 0.15) is 12.2 Å². The van der Waals surface area contributed by atoms with E-state index >= 15 is 0 Å². The molecule has 0 aromatic heterocycles. The van der Waals surface area contributed by atoms with Gasteiger partial charge in [-0.1, -0.05) is 25.2 Å². The quantitative estimate of drug-likeness (QED) is 0.431. The summed E-state index contributed by atoms with van der Waals surface area (Å²) in [4.78, 5) is 23.4. The molecule has 1 saturated heterocycles. The van der Waals surface area contributed by atoms with E-state index in [0.29, 0.717) is 12.8 Å². The van der Waals surface area contributed by atoms with Crippen LogP contribution in [0.3, 0.4) is 0 Å². The van der Waals surface area contributed by atoms with Crippen LogP contribution < -0.4 is 0 Å². The Hall–Kier alpha value is -1.66. The Morgan fingerprint density at radius 1 is 1.39 bits per heavy atom. The number of allylic oxidation sites excluding steroid dienone is 2. The highest BCUT2D eigenvalue weighted by molar-refractivity contribution is 5.86. The van der Waals surface area contributed by atoms with E-state index in [9.17, 15) is 19.8 Å². The smallest absolute Gasteiger partial charge is 0.331 e. The Morgan fingerprint density at radius 3 is 2.68 bits per heavy atom. The molecule has 1 fully saturated rings. The van der Waals surface area contributed by atoms with Gasteiger partial charge in [0.2, 0.25) is 0 Å². The molecule has 0 aliphatic carbocycles. The van der Waals surface area contributed by atoms with Crippen LogP contribution in [0.15, 0.2) is 23.8 Å². The maximum Gasteiger partial charge on any atom is 0.331 e. The van der Waals surface area contributed by atoms with Gasteiger partial charge in [0, 0.05) is 18.4 Å². The second kappa shape index (κ2) is 9.23. The molecule has 0 spiro atoms. The molecule has 158 valence electrons. The number of aliphatic carboxylic acids is 1. The Bertz CT molecular complexity index is 635. The summed E-state index contributed by atoms with van der Waals surface area (Å²) in [6.45, 7) is 10.9. The van der Waals surface area contributed by atoms with Gasteiger partial charge >= 0.3 is 11.9 Å². The van der Waals surface area contributed by atoms with Crippen LogP contribution in [-0.2, 0) is 19.1 Å². The molecule has 0 radical (unpaired) electrons. The first-order valence-corrected chi connectivity index (χ1v) is 10.2. The minimum atomic E-state index is -1.11. The van der Waals surface area contributed by atoms with Crippen LogP contribution in [0.4, 0.5) is 0 Å². The van der Waals surface area contributed by atoms with E-state index in [-0.39, 0.29) is 11.5 Å². The molecule has 0 unspecified atom stereocenters. The Balaban J connectivity index is 2.41. The summed E-state index contributed by atoms with van der Waals surface area (Å²) in [5, 5.41) is 20.5. The van der Waals surface area contributed by atoms with Crippen LogP contribution in [0.5, 0.6) is 0 Å². The van der Waals surface area contributed by atoms with Gasteiger partial charge in [0.25, 0.3) is 0 Å². The maximum absolute atomic E-state index is 11.8. The second-order valence-electron chi connectivity index (χ2n) is 8.65. The van der Waals surface area contributed by atoms with E-state index in [2.05, 4.69) is 19.6 Å². The number of aliphatic hydroxyl groups is 1. The lowest BCUT2D eigenvalue weighted by atomic mass is 9.81. The average Bonchev–Trinajstić information content (AvgIpc) is 3.03. The van der Waals surface area contributed by atoms with Crippen LogP contribution in [-0.4, -0.2) is 46.1 Å². The van der Waals surface area contributed by atoms with Crippen LogP contribution >= 0.6 is 0 Å². The van der Waals surface area contributed by atoms with E-state index in [4.69, 9.17) is 9.47 Å². The zero-order chi connectivity index (χ0) is 21.1. The number of hydrogen-bond donors (Lipinski definition) is 2. The highest BCUT2D eigenvalue weighted by Crippen LogP contribution is 2.42. The molecule has 0 aromatic carbocycles. The molecule has 0 aromatic rings. The lowest BCUT2D eigenvalue weighted by molar-refractivity contribution is -0.168. The van der Waals surface area contributed by atoms with E-state index in [0.717, 1.165) is 25.7 Å². The van der Waals surface area contributed by atoms with E-state index in [1.54, 1.807) is 6.92 Å². The third-order valence-corrected chi connectivity index (χ3v) is 6.16. The van der Waals surface area contributed by atoms with Gasteiger partial charge in [-0.3, -0.25) is 4.79 Å². The van der Waals surface area contributed by atoms with Gasteiger partial charge in [-0.2, -0.15) is 0 Å². The molecule has 6 nitrogen and oxygen atoms in total. The van der Waals surface area contributed by atoms with E-state index in [1.165, 1.54) is 12.5 Å². The first-order chi connectivity index (χ1) is 13.0. The molecular weight excluding hydrogens is 360 g/mol. The monoisotopic (exact) mass is 394 g/mol. The number of carbonyl (C=O) groups is 2. The molecule has 6 heteroatoms. The number of ether oxygens (including phenoxy) is 2. The fourth-order valence-corrected chi connectivity index (χ4v) is 4.35. The van der Waals surface area contributed by atoms with Crippen LogP contribution in [0.2, 0.25) is 0 Å². The predicted molar refractivity (Wildman–Crippen MR) is 106 cm³/mol. The summed E-state index contributed by atoms with van der Waals surface area (Å²) in [6.07, 6.45) is 4.71. The van der Waals surface area contributed by atoms with Gasteiger partial charge in [0.15, 0.2) is 0 Å². The fourth-order valence-electron chi connectivity index (χ4n) is 4.35. The maximum atomic E-state index is 11.8. The van der Waals surface area contributed by atoms with Crippen molar-refractivity contribution in [3.05, 3.63) is 23.8 Å². The first-order valence-electron chi connectivity index (χ1n) is 10.2. The predicted octanol–water partition coefficient (Wildman–Crippen LogP) is 3.63. The lowest BCUT2D eigenvalue weighted by Crippen LogP contribution is -2.43. The normalized spacial score (nSPS) is 38.9. The summed E-state index contributed by atoms with van der Waals surface area (Å²) < 4.78 is 11.8. The molecule has 0 saturated carbocycles. The van der Waals surface area contributed by atoms with Gasteiger partial charge in [-0.25, -0.2) is 4.79 Å². The van der Waals surface area contributed by atoms with Crippen molar-refractivity contribution < 1.29 is 29.3 Å². The minimum Gasteiger partial charge on any atom is -0.478 e. The molecule has 0 amide bonds. The zero-order valence-electron chi connectivity index (χ0n) is 17.4. The summed E-state index contributed by atoms with van der Waals surface area (Å²) >= 11 is 0. The Kier molecular flexibility index (Phi) is 7.46. The topological polar surface area (TPSA) is 93.1 Å². The van der Waals surface area contributed by atoms with Crippen molar-refractivity contribution in [2.24, 2.45) is 11.8 Å². The van der Waals surface area contributed by atoms with Crippen molar-refractivity contribution in [3.63, 3.8) is 0 Å². The Morgan fingerprint density at radius 2 is 2.07 bits per heavy atom. The van der Waals surface area contributed by atoms with Crippen molar-refractivity contribution in [1.29, 1.82) is 0 Å². The van der Waals surface area contributed by atoms with Crippen molar-refractivity contribution in [2.45, 2.75) is 90.1 Å². The lowest BCUT2D eigenvalue weighted by Gasteiger charge is -2.33. The number of carboxylic acids is 1. The first kappa shape index (κ1) is 22.6. The van der Waals surface area contributed by atoms with Gasteiger partial charge in [-0.15, -0.1) is 0 Å². The zero-order valence-corrected chi connectivity index (χ0v) is 17.4. The van der Waals surface area contributed by atoms with Crippen molar-refractivity contribution in [3.8, 4) is 0 Å². The standard InChI is InChI=1S/C22H34O6/c1-13-8-6-10-14(2)19(27-16(4)23)20-17(15(3)21(24)25)12-18(28-20)22(5,26)11-7-9-13/h9,14,17-20,26H,3,6-8,10-12H2,1-2,4-5H3,(H,24,25)/b13-9+/t14-,17+,18+,19+,20-,22-/m1/s1. The number of hydrogen-bond acceptors (Lipinski definition) is 5. The van der Waals surface area contributed by atoms with Crippen LogP contribution in [0.1, 0.15) is 66.2 Å². The number of carbonyl (C=O) groups excluding carboxylic acids is 1. The molecule has 6 atom stereocenters. The molecule has 2 aliphatic heterocycles. The summed E-state index contributed by atoms with van der Waals surface area (Å²) in [7, 11) is 0. The summed E-state index contributed by atoms with van der Waals surface area (Å²) in [6, 6.07) is 0. The minimum absolute atomic E-state index is 0.00440. The van der Waals surface area contributed by atoms with E-state index < -0.39 is 41.8 Å². The SMILES string of the molecule is C=C(C(=O)O)[C@@H]1C[C@@H]2O[C@H]1[C@@H](OC(C)=O)[C@H](C)CCC/C(C)=C/CC[C@@]2(C)O. The summed E-state index contributed by atoms with van der Waals surface area (Å²) in [5.41, 5.74) is 0.214. The van der Waals surface area contributed by atoms with Gasteiger partial charge < -0.3 is 19.7 Å².